The second-order valence-corrected chi connectivity index (χ2v) is 6.37. The summed E-state index contributed by atoms with van der Waals surface area (Å²) < 4.78 is 0. The van der Waals surface area contributed by atoms with E-state index in [2.05, 4.69) is 45.6 Å². The van der Waals surface area contributed by atoms with Gasteiger partial charge in [-0.15, -0.1) is 16.9 Å². The van der Waals surface area contributed by atoms with Gasteiger partial charge in [0.2, 0.25) is 11.1 Å². The molecule has 2 N–H and O–H groups in total. The summed E-state index contributed by atoms with van der Waals surface area (Å²) in [5, 5.41) is 10.3. The van der Waals surface area contributed by atoms with E-state index in [-0.39, 0.29) is 5.91 Å². The Kier molecular flexibility index (Phi) is 5.69. The van der Waals surface area contributed by atoms with Gasteiger partial charge < -0.3 is 5.32 Å². The van der Waals surface area contributed by atoms with E-state index in [9.17, 15) is 4.79 Å². The van der Waals surface area contributed by atoms with Crippen molar-refractivity contribution in [3.05, 3.63) is 35.2 Å². The number of aryl methyl sites for hydroxylation is 2. The highest BCUT2D eigenvalue weighted by molar-refractivity contribution is 7.99. The average Bonchev–Trinajstić information content (AvgIpc) is 2.89. The zero-order valence-corrected chi connectivity index (χ0v) is 13.9. The van der Waals surface area contributed by atoms with Gasteiger partial charge in [-0.05, 0) is 37.3 Å². The van der Waals surface area contributed by atoms with Gasteiger partial charge in [-0.2, -0.15) is 0 Å². The van der Waals surface area contributed by atoms with E-state index in [1.807, 2.05) is 13.2 Å². The van der Waals surface area contributed by atoms with Gasteiger partial charge >= 0.3 is 0 Å². The number of amides is 1. The van der Waals surface area contributed by atoms with Crippen LogP contribution in [0.4, 0.5) is 0 Å². The van der Waals surface area contributed by atoms with Crippen LogP contribution < -0.4 is 5.32 Å². The lowest BCUT2D eigenvalue weighted by molar-refractivity contribution is -0.118. The molecule has 0 spiro atoms. The Labute approximate surface area is 132 Å². The monoisotopic (exact) mass is 322 g/mol. The number of hydrogen-bond donors (Lipinski definition) is 2. The minimum Gasteiger partial charge on any atom is -0.351 e. The number of carbonyl (C=O) groups excluding carboxylic acids is 1. The zero-order chi connectivity index (χ0) is 15.2. The summed E-state index contributed by atoms with van der Waals surface area (Å²) >= 11 is 3.02. The molecule has 112 valence electrons. The first-order valence-electron chi connectivity index (χ1n) is 6.50. The number of rotatable bonds is 6. The molecule has 1 aromatic carbocycles. The number of thioether (sulfide) groups is 2. The van der Waals surface area contributed by atoms with Crippen LogP contribution in [0.5, 0.6) is 0 Å². The van der Waals surface area contributed by atoms with E-state index in [0.29, 0.717) is 17.5 Å². The molecule has 5 nitrogen and oxygen atoms in total. The second-order valence-electron chi connectivity index (χ2n) is 4.58. The minimum absolute atomic E-state index is 0.0184. The molecule has 7 heteroatoms. The van der Waals surface area contributed by atoms with Crippen molar-refractivity contribution in [3.63, 3.8) is 0 Å². The van der Waals surface area contributed by atoms with Crippen LogP contribution in [0.1, 0.15) is 17.0 Å². The summed E-state index contributed by atoms with van der Waals surface area (Å²) in [7, 11) is 0. The summed E-state index contributed by atoms with van der Waals surface area (Å²) in [6.45, 7) is 4.44. The molecule has 0 bridgehead atoms. The quantitative estimate of drug-likeness (QED) is 0.800. The molecule has 21 heavy (non-hydrogen) atoms. The van der Waals surface area contributed by atoms with Crippen molar-refractivity contribution in [3.8, 4) is 0 Å². The Morgan fingerprint density at radius 2 is 2.19 bits per heavy atom. The number of aromatic nitrogens is 3. The molecule has 0 unspecified atom stereocenters. The van der Waals surface area contributed by atoms with Crippen LogP contribution in [-0.2, 0) is 11.3 Å². The lowest BCUT2D eigenvalue weighted by Crippen LogP contribution is -2.24. The minimum atomic E-state index is -0.0184. The van der Waals surface area contributed by atoms with Crippen molar-refractivity contribution in [1.29, 1.82) is 0 Å². The predicted molar refractivity (Wildman–Crippen MR) is 86.7 cm³/mol. The van der Waals surface area contributed by atoms with Crippen LogP contribution in [0.2, 0.25) is 0 Å². The number of nitrogens with one attached hydrogen (secondary N) is 2. The van der Waals surface area contributed by atoms with Crippen LogP contribution in [0.3, 0.4) is 0 Å². The molecule has 0 aliphatic heterocycles. The maximum Gasteiger partial charge on any atom is 0.230 e. The van der Waals surface area contributed by atoms with Crippen molar-refractivity contribution < 1.29 is 4.79 Å². The molecule has 0 aliphatic carbocycles. The van der Waals surface area contributed by atoms with Gasteiger partial charge in [-0.25, -0.2) is 4.98 Å². The van der Waals surface area contributed by atoms with E-state index in [4.69, 9.17) is 0 Å². The molecule has 0 radical (unpaired) electrons. The highest BCUT2D eigenvalue weighted by Crippen LogP contribution is 2.21. The molecular weight excluding hydrogens is 304 g/mol. The van der Waals surface area contributed by atoms with Crippen molar-refractivity contribution in [1.82, 2.24) is 20.5 Å². The number of aromatic amines is 1. The Bertz CT molecular complexity index is 627. The number of H-pyrrole nitrogens is 1. The first-order chi connectivity index (χ1) is 10.1. The molecule has 0 saturated carbocycles. The zero-order valence-electron chi connectivity index (χ0n) is 12.3. The fourth-order valence-electron chi connectivity index (χ4n) is 1.76. The van der Waals surface area contributed by atoms with Gasteiger partial charge in [-0.3, -0.25) is 9.89 Å². The molecular formula is C14H18N4OS2. The second kappa shape index (κ2) is 7.51. The van der Waals surface area contributed by atoms with Crippen molar-refractivity contribution in [2.75, 3.05) is 12.0 Å². The third kappa shape index (κ3) is 4.78. The van der Waals surface area contributed by atoms with Crippen molar-refractivity contribution in [2.45, 2.75) is 30.4 Å². The van der Waals surface area contributed by atoms with Crippen molar-refractivity contribution >= 4 is 29.4 Å². The predicted octanol–water partition coefficient (Wildman–Crippen LogP) is 2.55. The van der Waals surface area contributed by atoms with Crippen LogP contribution in [0.15, 0.2) is 28.3 Å². The van der Waals surface area contributed by atoms with Gasteiger partial charge in [0.25, 0.3) is 0 Å². The standard InChI is InChI=1S/C14H18N4OS2/c1-9-4-5-11(12(6-9)20-3)7-15-13(19)8-21-14-16-10(2)17-18-14/h4-6H,7-8H2,1-3H3,(H,15,19)(H,16,17,18). The Morgan fingerprint density at radius 1 is 1.38 bits per heavy atom. The average molecular weight is 322 g/mol. The first-order valence-corrected chi connectivity index (χ1v) is 8.71. The molecule has 0 atom stereocenters. The maximum atomic E-state index is 11.9. The molecule has 0 saturated heterocycles. The fourth-order valence-corrected chi connectivity index (χ4v) is 3.14. The number of nitrogens with zero attached hydrogens (tertiary/aromatic N) is 2. The van der Waals surface area contributed by atoms with Gasteiger partial charge in [0.05, 0.1) is 5.75 Å². The van der Waals surface area contributed by atoms with E-state index < -0.39 is 0 Å². The van der Waals surface area contributed by atoms with E-state index in [1.54, 1.807) is 11.8 Å². The summed E-state index contributed by atoms with van der Waals surface area (Å²) in [6, 6.07) is 6.26. The topological polar surface area (TPSA) is 70.7 Å². The molecule has 1 amide bonds. The number of carbonyl (C=O) groups is 1. The Balaban J connectivity index is 1.83. The fraction of sp³-hybridized carbons (Fsp3) is 0.357. The SMILES string of the molecule is CSc1cc(C)ccc1CNC(=O)CSc1n[nH]c(C)n1. The van der Waals surface area contributed by atoms with Gasteiger partial charge in [-0.1, -0.05) is 23.9 Å². The van der Waals surface area contributed by atoms with Gasteiger partial charge in [0.15, 0.2) is 0 Å². The van der Waals surface area contributed by atoms with Crippen LogP contribution in [0, 0.1) is 13.8 Å². The third-order valence-electron chi connectivity index (χ3n) is 2.83. The lowest BCUT2D eigenvalue weighted by Gasteiger charge is -2.09. The Hall–Kier alpha value is -1.47. The molecule has 2 rings (SSSR count). The van der Waals surface area contributed by atoms with E-state index in [0.717, 1.165) is 11.4 Å². The van der Waals surface area contributed by atoms with E-state index >= 15 is 0 Å². The van der Waals surface area contributed by atoms with E-state index in [1.165, 1.54) is 22.2 Å². The highest BCUT2D eigenvalue weighted by Gasteiger charge is 2.08. The van der Waals surface area contributed by atoms with Crippen molar-refractivity contribution in [2.24, 2.45) is 0 Å². The molecule has 2 aromatic rings. The molecule has 1 aromatic heterocycles. The van der Waals surface area contributed by atoms with Crippen LogP contribution >= 0.6 is 23.5 Å². The summed E-state index contributed by atoms with van der Waals surface area (Å²) in [5.41, 5.74) is 2.37. The molecule has 0 fully saturated rings. The summed E-state index contributed by atoms with van der Waals surface area (Å²) in [5.74, 6) is 1.05. The van der Waals surface area contributed by atoms with Crippen LogP contribution in [-0.4, -0.2) is 33.1 Å². The maximum absolute atomic E-state index is 11.9. The molecule has 1 heterocycles. The normalized spacial score (nSPS) is 10.6. The lowest BCUT2D eigenvalue weighted by atomic mass is 10.1. The van der Waals surface area contributed by atoms with Gasteiger partial charge in [0, 0.05) is 11.4 Å². The summed E-state index contributed by atoms with van der Waals surface area (Å²) in [6.07, 6.45) is 2.04. The van der Waals surface area contributed by atoms with Gasteiger partial charge in [0.1, 0.15) is 5.82 Å². The molecule has 0 aliphatic rings. The number of hydrogen-bond acceptors (Lipinski definition) is 5. The largest absolute Gasteiger partial charge is 0.351 e. The number of benzene rings is 1. The first kappa shape index (κ1) is 15.9. The summed E-state index contributed by atoms with van der Waals surface area (Å²) in [4.78, 5) is 17.2. The third-order valence-corrected chi connectivity index (χ3v) is 4.49. The smallest absolute Gasteiger partial charge is 0.230 e. The Morgan fingerprint density at radius 3 is 2.86 bits per heavy atom. The highest BCUT2D eigenvalue weighted by atomic mass is 32.2. The van der Waals surface area contributed by atoms with Crippen LogP contribution in [0.25, 0.3) is 0 Å².